The van der Waals surface area contributed by atoms with Crippen LogP contribution in [0.25, 0.3) is 0 Å². The van der Waals surface area contributed by atoms with E-state index in [2.05, 4.69) is 0 Å². The number of carbonyl (C=O) groups is 2. The minimum absolute atomic E-state index is 0.111. The summed E-state index contributed by atoms with van der Waals surface area (Å²) in [6.45, 7) is 1.41. The van der Waals surface area contributed by atoms with Crippen molar-refractivity contribution in [2.45, 2.75) is 6.92 Å². The van der Waals surface area contributed by atoms with Gasteiger partial charge in [-0.1, -0.05) is 0 Å². The van der Waals surface area contributed by atoms with Crippen LogP contribution in [0.15, 0.2) is 36.4 Å². The molecule has 9 nitrogen and oxygen atoms in total. The third-order valence-corrected chi connectivity index (χ3v) is 3.74. The van der Waals surface area contributed by atoms with Gasteiger partial charge in [-0.2, -0.15) is 0 Å². The second kappa shape index (κ2) is 9.36. The maximum Gasteiger partial charge on any atom is 0.345 e. The van der Waals surface area contributed by atoms with Crippen molar-refractivity contribution in [3.63, 3.8) is 0 Å². The Morgan fingerprint density at radius 1 is 1.04 bits per heavy atom. The van der Waals surface area contributed by atoms with Crippen LogP contribution in [0.3, 0.4) is 0 Å². The lowest BCUT2D eigenvalue weighted by molar-refractivity contribution is -0.385. The normalized spacial score (nSPS) is 10.1. The zero-order valence-corrected chi connectivity index (χ0v) is 15.6. The topological polar surface area (TPSA) is 114 Å². The molecular formula is C19H19NO8. The number of carbonyl (C=O) groups excluding carboxylic acids is 2. The molecule has 2 aromatic rings. The highest BCUT2D eigenvalue weighted by Crippen LogP contribution is 2.35. The van der Waals surface area contributed by atoms with Gasteiger partial charge in [-0.05, 0) is 31.2 Å². The fourth-order valence-corrected chi connectivity index (χ4v) is 2.36. The van der Waals surface area contributed by atoms with Crippen LogP contribution in [0.4, 0.5) is 5.69 Å². The molecule has 0 bridgehead atoms. The number of hydrogen-bond donors (Lipinski definition) is 0. The fraction of sp³-hybridized carbons (Fsp3) is 0.263. The summed E-state index contributed by atoms with van der Waals surface area (Å²) >= 11 is 0. The number of Topliss-reactive ketones (excluding diaryl/α,β-unsaturated/α-hetero) is 1. The highest BCUT2D eigenvalue weighted by atomic mass is 16.6. The van der Waals surface area contributed by atoms with E-state index in [4.69, 9.17) is 18.9 Å². The number of benzene rings is 2. The standard InChI is InChI=1S/C19H19NO8/c1-4-27-18-9-14(15(20(23)24)10-17(18)26-3)19(22)28-11-16(21)12-5-7-13(25-2)8-6-12/h5-10H,4,11H2,1-3H3. The van der Waals surface area contributed by atoms with Crippen LogP contribution in [-0.2, 0) is 4.74 Å². The molecule has 28 heavy (non-hydrogen) atoms. The Labute approximate surface area is 160 Å². The van der Waals surface area contributed by atoms with Crippen LogP contribution in [-0.4, -0.2) is 44.1 Å². The van der Waals surface area contributed by atoms with Crippen molar-refractivity contribution in [3.8, 4) is 17.2 Å². The van der Waals surface area contributed by atoms with Gasteiger partial charge in [0.2, 0.25) is 0 Å². The number of nitro benzene ring substituents is 1. The maximum absolute atomic E-state index is 12.4. The monoisotopic (exact) mass is 389 g/mol. The molecule has 0 fully saturated rings. The van der Waals surface area contributed by atoms with Gasteiger partial charge in [-0.25, -0.2) is 4.79 Å². The summed E-state index contributed by atoms with van der Waals surface area (Å²) in [5.74, 6) is -0.635. The number of hydrogen-bond acceptors (Lipinski definition) is 8. The second-order valence-electron chi connectivity index (χ2n) is 5.44. The second-order valence-corrected chi connectivity index (χ2v) is 5.44. The minimum atomic E-state index is -1.02. The van der Waals surface area contributed by atoms with Gasteiger partial charge in [0.15, 0.2) is 23.9 Å². The van der Waals surface area contributed by atoms with Crippen molar-refractivity contribution in [1.29, 1.82) is 0 Å². The van der Waals surface area contributed by atoms with E-state index in [0.717, 1.165) is 6.07 Å². The van der Waals surface area contributed by atoms with Crippen LogP contribution in [0.5, 0.6) is 17.2 Å². The summed E-state index contributed by atoms with van der Waals surface area (Å²) in [4.78, 5) is 35.1. The van der Waals surface area contributed by atoms with Gasteiger partial charge in [0.1, 0.15) is 11.3 Å². The van der Waals surface area contributed by atoms with E-state index >= 15 is 0 Å². The van der Waals surface area contributed by atoms with Gasteiger partial charge < -0.3 is 18.9 Å². The molecule has 0 aliphatic heterocycles. The van der Waals surface area contributed by atoms with Crippen LogP contribution in [0, 0.1) is 10.1 Å². The van der Waals surface area contributed by atoms with E-state index in [0.29, 0.717) is 11.3 Å². The first-order chi connectivity index (χ1) is 13.4. The number of ether oxygens (including phenoxy) is 4. The summed E-state index contributed by atoms with van der Waals surface area (Å²) in [5, 5.41) is 11.3. The number of rotatable bonds is 9. The number of methoxy groups -OCH3 is 2. The average Bonchev–Trinajstić information content (AvgIpc) is 2.71. The van der Waals surface area contributed by atoms with Crippen molar-refractivity contribution in [1.82, 2.24) is 0 Å². The van der Waals surface area contributed by atoms with Gasteiger partial charge in [-0.3, -0.25) is 14.9 Å². The van der Waals surface area contributed by atoms with Crippen LogP contribution in [0.2, 0.25) is 0 Å². The Kier molecular flexibility index (Phi) is 6.91. The Balaban J connectivity index is 2.20. The summed E-state index contributed by atoms with van der Waals surface area (Å²) < 4.78 is 20.4. The van der Waals surface area contributed by atoms with Gasteiger partial charge >= 0.3 is 5.97 Å². The molecule has 0 unspecified atom stereocenters. The third kappa shape index (κ3) is 4.76. The zero-order valence-electron chi connectivity index (χ0n) is 15.6. The summed E-state index contributed by atoms with van der Waals surface area (Å²) in [5.41, 5.74) is -0.535. The molecule has 0 saturated heterocycles. The van der Waals surface area contributed by atoms with E-state index in [-0.39, 0.29) is 23.7 Å². The number of nitrogens with zero attached hydrogens (tertiary/aromatic N) is 1. The average molecular weight is 389 g/mol. The maximum atomic E-state index is 12.4. The summed E-state index contributed by atoms with van der Waals surface area (Å²) in [6.07, 6.45) is 0. The Hall–Kier alpha value is -3.62. The van der Waals surface area contributed by atoms with Crippen molar-refractivity contribution in [2.75, 3.05) is 27.4 Å². The molecule has 2 aromatic carbocycles. The SMILES string of the molecule is CCOc1cc(C(=O)OCC(=O)c2ccc(OC)cc2)c([N+](=O)[O-])cc1OC. The molecule has 0 amide bonds. The van der Waals surface area contributed by atoms with Crippen molar-refractivity contribution in [2.24, 2.45) is 0 Å². The van der Waals surface area contributed by atoms with E-state index in [9.17, 15) is 19.7 Å². The molecule has 0 N–H and O–H groups in total. The van der Waals surface area contributed by atoms with Crippen LogP contribution in [0.1, 0.15) is 27.6 Å². The van der Waals surface area contributed by atoms with Crippen molar-refractivity contribution in [3.05, 3.63) is 57.6 Å². The van der Waals surface area contributed by atoms with E-state index in [1.165, 1.54) is 32.4 Å². The molecule has 0 heterocycles. The lowest BCUT2D eigenvalue weighted by atomic mass is 10.1. The first-order valence-electron chi connectivity index (χ1n) is 8.24. The number of esters is 1. The Morgan fingerprint density at radius 2 is 1.71 bits per heavy atom. The van der Waals surface area contributed by atoms with Gasteiger partial charge in [-0.15, -0.1) is 0 Å². The smallest absolute Gasteiger partial charge is 0.345 e. The molecule has 0 spiro atoms. The largest absolute Gasteiger partial charge is 0.497 e. The van der Waals surface area contributed by atoms with E-state index in [1.807, 2.05) is 0 Å². The predicted molar refractivity (Wildman–Crippen MR) is 98.4 cm³/mol. The lowest BCUT2D eigenvalue weighted by Crippen LogP contribution is -2.15. The van der Waals surface area contributed by atoms with E-state index in [1.54, 1.807) is 19.1 Å². The molecule has 9 heteroatoms. The number of ketones is 1. The van der Waals surface area contributed by atoms with Crippen molar-refractivity contribution < 1.29 is 33.5 Å². The molecule has 0 aliphatic carbocycles. The first kappa shape index (κ1) is 20.7. The van der Waals surface area contributed by atoms with Crippen molar-refractivity contribution >= 4 is 17.4 Å². The zero-order chi connectivity index (χ0) is 20.7. The predicted octanol–water partition coefficient (Wildman–Crippen LogP) is 3.05. The molecule has 0 atom stereocenters. The van der Waals surface area contributed by atoms with Crippen LogP contribution >= 0.6 is 0 Å². The molecular weight excluding hydrogens is 370 g/mol. The Morgan fingerprint density at radius 3 is 2.25 bits per heavy atom. The highest BCUT2D eigenvalue weighted by Gasteiger charge is 2.26. The quantitative estimate of drug-likeness (QED) is 0.278. The Bertz CT molecular complexity index is 876. The lowest BCUT2D eigenvalue weighted by Gasteiger charge is -2.11. The molecule has 0 radical (unpaired) electrons. The fourth-order valence-electron chi connectivity index (χ4n) is 2.36. The van der Waals surface area contributed by atoms with Gasteiger partial charge in [0, 0.05) is 11.6 Å². The summed E-state index contributed by atoms with van der Waals surface area (Å²) in [7, 11) is 2.82. The summed E-state index contributed by atoms with van der Waals surface area (Å²) in [6, 6.07) is 8.49. The molecule has 0 saturated carbocycles. The highest BCUT2D eigenvalue weighted by molar-refractivity contribution is 6.00. The first-order valence-corrected chi connectivity index (χ1v) is 8.24. The molecule has 2 rings (SSSR count). The minimum Gasteiger partial charge on any atom is -0.497 e. The number of nitro groups is 1. The van der Waals surface area contributed by atoms with Gasteiger partial charge in [0.25, 0.3) is 5.69 Å². The van der Waals surface area contributed by atoms with Crippen LogP contribution < -0.4 is 14.2 Å². The third-order valence-electron chi connectivity index (χ3n) is 3.74. The van der Waals surface area contributed by atoms with Gasteiger partial charge in [0.05, 0.1) is 31.8 Å². The molecule has 0 aromatic heterocycles. The molecule has 148 valence electrons. The molecule has 0 aliphatic rings. The van der Waals surface area contributed by atoms with E-state index < -0.39 is 29.0 Å².